The van der Waals surface area contributed by atoms with Crippen LogP contribution in [-0.2, 0) is 4.79 Å². The molecule has 4 nitrogen and oxygen atoms in total. The molecule has 4 aliphatic carbocycles. The summed E-state index contributed by atoms with van der Waals surface area (Å²) in [6.45, 7) is 13.2. The summed E-state index contributed by atoms with van der Waals surface area (Å²) in [4.78, 5) is 11.8. The number of rotatable bonds is 5. The zero-order valence-corrected chi connectivity index (χ0v) is 21.3. The first-order valence-electron chi connectivity index (χ1n) is 13.5. The summed E-state index contributed by atoms with van der Waals surface area (Å²) in [7, 11) is 0. The molecule has 0 heterocycles. The molecule has 0 bridgehead atoms. The number of carbonyl (C=O) groups is 1. The van der Waals surface area contributed by atoms with Crippen LogP contribution in [0.2, 0.25) is 0 Å². The van der Waals surface area contributed by atoms with Gasteiger partial charge in [0, 0.05) is 0 Å². The Balaban J connectivity index is 1.62. The van der Waals surface area contributed by atoms with Gasteiger partial charge in [-0.15, -0.1) is 0 Å². The Morgan fingerprint density at radius 3 is 2.25 bits per heavy atom. The van der Waals surface area contributed by atoms with Crippen LogP contribution in [0.15, 0.2) is 0 Å². The predicted octanol–water partition coefficient (Wildman–Crippen LogP) is 5.75. The van der Waals surface area contributed by atoms with E-state index in [2.05, 4.69) is 27.7 Å². The van der Waals surface area contributed by atoms with Gasteiger partial charge in [-0.05, 0) is 117 Å². The smallest absolute Gasteiger partial charge is 0.309 e. The lowest BCUT2D eigenvalue weighted by Gasteiger charge is -2.64. The first-order valence-corrected chi connectivity index (χ1v) is 13.5. The van der Waals surface area contributed by atoms with Crippen LogP contribution >= 0.6 is 0 Å². The quantitative estimate of drug-likeness (QED) is 0.500. The molecule has 4 aliphatic rings. The minimum atomic E-state index is -0.695. The normalized spacial score (nSPS) is 49.6. The lowest BCUT2D eigenvalue weighted by atomic mass is 9.41. The maximum Gasteiger partial charge on any atom is 0.309 e. The maximum atomic E-state index is 11.8. The maximum absolute atomic E-state index is 11.8. The van der Waals surface area contributed by atoms with Gasteiger partial charge in [-0.25, -0.2) is 0 Å². The van der Waals surface area contributed by atoms with E-state index in [0.29, 0.717) is 41.4 Å². The number of hydrogen-bond donors (Lipinski definition) is 3. The number of hydrogen-bond acceptors (Lipinski definition) is 3. The van der Waals surface area contributed by atoms with Gasteiger partial charge in [-0.1, -0.05) is 34.1 Å². The van der Waals surface area contributed by atoms with Crippen molar-refractivity contribution in [2.24, 2.45) is 57.7 Å². The van der Waals surface area contributed by atoms with E-state index in [1.807, 2.05) is 13.8 Å². The van der Waals surface area contributed by atoms with E-state index in [0.717, 1.165) is 32.1 Å². The van der Waals surface area contributed by atoms with Gasteiger partial charge in [0.2, 0.25) is 0 Å². The van der Waals surface area contributed by atoms with Gasteiger partial charge in [-0.2, -0.15) is 0 Å². The van der Waals surface area contributed by atoms with Crippen molar-refractivity contribution in [3.05, 3.63) is 0 Å². The number of aliphatic hydroxyl groups excluding tert-OH is 2. The molecule has 0 aromatic carbocycles. The fourth-order valence-corrected chi connectivity index (χ4v) is 9.97. The van der Waals surface area contributed by atoms with Crippen LogP contribution in [0, 0.1) is 57.7 Å². The Kier molecular flexibility index (Phi) is 6.32. The molecular formula is C28H48O4. The zero-order chi connectivity index (χ0) is 23.6. The lowest BCUT2D eigenvalue weighted by molar-refractivity contribution is -0.203. The highest BCUT2D eigenvalue weighted by atomic mass is 16.4. The fraction of sp³-hybridized carbons (Fsp3) is 0.964. The second-order valence-corrected chi connectivity index (χ2v) is 13.5. The van der Waals surface area contributed by atoms with Gasteiger partial charge in [-0.3, -0.25) is 4.79 Å². The van der Waals surface area contributed by atoms with Crippen LogP contribution < -0.4 is 0 Å². The van der Waals surface area contributed by atoms with Crippen molar-refractivity contribution in [3.8, 4) is 0 Å². The molecular weight excluding hydrogens is 400 g/mol. The van der Waals surface area contributed by atoms with E-state index >= 15 is 0 Å². The van der Waals surface area contributed by atoms with E-state index in [-0.39, 0.29) is 23.0 Å². The standard InChI is InChI=1S/C28H48O4/c1-7-18-22-14-17(29)10-12-28(22,6)21-11-13-27(5)19(8-9-20(27)23(21)24(18)30)16(2)15-26(3,4)25(31)32/h16-24,29-30H,7-15H2,1-6H3,(H,31,32). The van der Waals surface area contributed by atoms with E-state index < -0.39 is 11.4 Å². The molecule has 11 atom stereocenters. The van der Waals surface area contributed by atoms with Crippen molar-refractivity contribution in [1.82, 2.24) is 0 Å². The number of carboxylic acid groups (broad SMARTS) is 1. The monoisotopic (exact) mass is 448 g/mol. The number of fused-ring (bicyclic) bond motifs is 5. The Morgan fingerprint density at radius 1 is 1.00 bits per heavy atom. The minimum Gasteiger partial charge on any atom is -0.481 e. The Hall–Kier alpha value is -0.610. The second-order valence-electron chi connectivity index (χ2n) is 13.5. The Labute approximate surface area is 195 Å². The largest absolute Gasteiger partial charge is 0.481 e. The highest BCUT2D eigenvalue weighted by Gasteiger charge is 2.65. The highest BCUT2D eigenvalue weighted by molar-refractivity contribution is 5.73. The molecule has 0 amide bonds. The van der Waals surface area contributed by atoms with Crippen molar-refractivity contribution in [1.29, 1.82) is 0 Å². The summed E-state index contributed by atoms with van der Waals surface area (Å²) in [6, 6.07) is 0. The summed E-state index contributed by atoms with van der Waals surface area (Å²) < 4.78 is 0. The molecule has 0 radical (unpaired) electrons. The van der Waals surface area contributed by atoms with Crippen LogP contribution in [0.3, 0.4) is 0 Å². The molecule has 184 valence electrons. The predicted molar refractivity (Wildman–Crippen MR) is 127 cm³/mol. The molecule has 0 aromatic heterocycles. The molecule has 4 fully saturated rings. The average molecular weight is 449 g/mol. The van der Waals surface area contributed by atoms with Crippen LogP contribution in [0.5, 0.6) is 0 Å². The molecule has 4 saturated carbocycles. The second kappa shape index (κ2) is 8.26. The Bertz CT molecular complexity index is 718. The van der Waals surface area contributed by atoms with Crippen molar-refractivity contribution in [2.75, 3.05) is 0 Å². The van der Waals surface area contributed by atoms with Crippen LogP contribution in [0.1, 0.15) is 99.3 Å². The van der Waals surface area contributed by atoms with Crippen molar-refractivity contribution >= 4 is 5.97 Å². The van der Waals surface area contributed by atoms with Gasteiger partial charge in [0.15, 0.2) is 0 Å². The summed E-state index contributed by atoms with van der Waals surface area (Å²) in [5.41, 5.74) is -0.252. The van der Waals surface area contributed by atoms with Gasteiger partial charge in [0.25, 0.3) is 0 Å². The summed E-state index contributed by atoms with van der Waals surface area (Å²) in [5.74, 6) is 2.40. The molecule has 32 heavy (non-hydrogen) atoms. The van der Waals surface area contributed by atoms with Crippen molar-refractivity contribution < 1.29 is 20.1 Å². The number of aliphatic carboxylic acids is 1. The van der Waals surface area contributed by atoms with Crippen molar-refractivity contribution in [2.45, 2.75) is 112 Å². The summed E-state index contributed by atoms with van der Waals surface area (Å²) in [6.07, 6.45) is 8.86. The third-order valence-corrected chi connectivity index (χ3v) is 11.6. The van der Waals surface area contributed by atoms with E-state index in [9.17, 15) is 20.1 Å². The zero-order valence-electron chi connectivity index (χ0n) is 21.3. The molecule has 4 rings (SSSR count). The SMILES string of the molecule is CCC1C(O)C2C3CCC(C(C)CC(C)(C)C(=O)O)C3(C)CCC2C2(C)CCC(O)CC12. The van der Waals surface area contributed by atoms with E-state index in [1.165, 1.54) is 25.7 Å². The third-order valence-electron chi connectivity index (χ3n) is 11.6. The Morgan fingerprint density at radius 2 is 1.62 bits per heavy atom. The number of aliphatic hydroxyl groups is 2. The molecule has 3 N–H and O–H groups in total. The van der Waals surface area contributed by atoms with Crippen LogP contribution in [-0.4, -0.2) is 33.5 Å². The minimum absolute atomic E-state index is 0.200. The highest BCUT2D eigenvalue weighted by Crippen LogP contribution is 2.69. The summed E-state index contributed by atoms with van der Waals surface area (Å²) in [5, 5.41) is 31.9. The van der Waals surface area contributed by atoms with Gasteiger partial charge in [0.05, 0.1) is 17.6 Å². The first kappa shape index (κ1) is 24.5. The molecule has 0 spiro atoms. The van der Waals surface area contributed by atoms with E-state index in [4.69, 9.17) is 0 Å². The number of carboxylic acids is 1. The van der Waals surface area contributed by atoms with Gasteiger partial charge < -0.3 is 15.3 Å². The third kappa shape index (κ3) is 3.58. The molecule has 0 aromatic rings. The van der Waals surface area contributed by atoms with Crippen molar-refractivity contribution in [3.63, 3.8) is 0 Å². The topological polar surface area (TPSA) is 77.8 Å². The van der Waals surface area contributed by atoms with Crippen LogP contribution in [0.25, 0.3) is 0 Å². The fourth-order valence-electron chi connectivity index (χ4n) is 9.97. The van der Waals surface area contributed by atoms with Gasteiger partial charge >= 0.3 is 5.97 Å². The molecule has 4 heteroatoms. The average Bonchev–Trinajstić information content (AvgIpc) is 3.06. The van der Waals surface area contributed by atoms with Crippen LogP contribution in [0.4, 0.5) is 0 Å². The summed E-state index contributed by atoms with van der Waals surface area (Å²) >= 11 is 0. The molecule has 0 saturated heterocycles. The first-order chi connectivity index (χ1) is 14.9. The molecule has 0 aliphatic heterocycles. The van der Waals surface area contributed by atoms with Gasteiger partial charge in [0.1, 0.15) is 0 Å². The molecule has 11 unspecified atom stereocenters. The lowest BCUT2D eigenvalue weighted by Crippen LogP contribution is -2.62. The van der Waals surface area contributed by atoms with E-state index in [1.54, 1.807) is 0 Å².